The molecule has 0 radical (unpaired) electrons. The number of amides is 2. The van der Waals surface area contributed by atoms with Gasteiger partial charge in [-0.05, 0) is 42.3 Å². The molecule has 0 aromatic heterocycles. The first-order valence-electron chi connectivity index (χ1n) is 8.65. The Hall–Kier alpha value is -3.23. The van der Waals surface area contributed by atoms with E-state index >= 15 is 0 Å². The van der Waals surface area contributed by atoms with Crippen molar-refractivity contribution < 1.29 is 22.8 Å². The molecule has 2 heterocycles. The molecule has 1 fully saturated rings. The van der Waals surface area contributed by atoms with Crippen molar-refractivity contribution in [3.8, 4) is 0 Å². The van der Waals surface area contributed by atoms with Crippen LogP contribution in [0.25, 0.3) is 0 Å². The van der Waals surface area contributed by atoms with E-state index in [2.05, 4.69) is 10.3 Å². The summed E-state index contributed by atoms with van der Waals surface area (Å²) in [5.41, 5.74) is 0.636. The molecule has 2 aromatic carbocycles. The maximum atomic E-state index is 13.0. The Bertz CT molecular complexity index is 972. The van der Waals surface area contributed by atoms with Crippen LogP contribution < -0.4 is 9.91 Å². The Morgan fingerprint density at radius 2 is 1.71 bits per heavy atom. The number of hydrogen-bond acceptors (Lipinski definition) is 5. The van der Waals surface area contributed by atoms with E-state index < -0.39 is 35.6 Å². The molecule has 0 spiro atoms. The largest absolute Gasteiger partial charge is 0.416 e. The highest BCUT2D eigenvalue weighted by atomic mass is 19.4. The third-order valence-electron chi connectivity index (χ3n) is 4.82. The number of alkyl halides is 3. The zero-order valence-corrected chi connectivity index (χ0v) is 14.7. The SMILES string of the molecule is CCc1ccc(N2C(=O)C3N=NN(c4cccc(C(F)(F)F)c4)C3C2=O)cc1. The number of rotatable bonds is 3. The second kappa shape index (κ2) is 6.43. The van der Waals surface area contributed by atoms with E-state index in [1.54, 1.807) is 12.1 Å². The third kappa shape index (κ3) is 2.83. The van der Waals surface area contributed by atoms with Crippen molar-refractivity contribution in [3.63, 3.8) is 0 Å². The summed E-state index contributed by atoms with van der Waals surface area (Å²) in [6.07, 6.45) is -3.72. The normalized spacial score (nSPS) is 21.6. The van der Waals surface area contributed by atoms with Crippen molar-refractivity contribution in [2.75, 3.05) is 9.91 Å². The van der Waals surface area contributed by atoms with Crippen LogP contribution in [0.1, 0.15) is 18.1 Å². The molecular formula is C19H15F3N4O2. The van der Waals surface area contributed by atoms with E-state index in [1.165, 1.54) is 12.1 Å². The minimum atomic E-state index is -4.53. The maximum Gasteiger partial charge on any atom is 0.416 e. The van der Waals surface area contributed by atoms with Crippen molar-refractivity contribution in [3.05, 3.63) is 59.7 Å². The number of halogens is 3. The van der Waals surface area contributed by atoms with Gasteiger partial charge >= 0.3 is 6.18 Å². The summed E-state index contributed by atoms with van der Waals surface area (Å²) in [5.74, 6) is -1.11. The molecule has 2 aliphatic rings. The minimum absolute atomic E-state index is 0.0513. The zero-order valence-electron chi connectivity index (χ0n) is 14.7. The minimum Gasteiger partial charge on any atom is -0.271 e. The molecule has 2 unspecified atom stereocenters. The summed E-state index contributed by atoms with van der Waals surface area (Å²) < 4.78 is 39.0. The number of carbonyl (C=O) groups excluding carboxylic acids is 2. The van der Waals surface area contributed by atoms with Crippen molar-refractivity contribution in [1.82, 2.24) is 0 Å². The van der Waals surface area contributed by atoms with Gasteiger partial charge in [0.15, 0.2) is 12.1 Å². The molecule has 28 heavy (non-hydrogen) atoms. The van der Waals surface area contributed by atoms with Crippen LogP contribution in [0.2, 0.25) is 0 Å². The highest BCUT2D eigenvalue weighted by Crippen LogP contribution is 2.37. The van der Waals surface area contributed by atoms with Gasteiger partial charge in [-0.2, -0.15) is 18.3 Å². The molecule has 0 saturated carbocycles. The Morgan fingerprint density at radius 3 is 2.36 bits per heavy atom. The van der Waals surface area contributed by atoms with Crippen LogP contribution in [0.4, 0.5) is 24.5 Å². The van der Waals surface area contributed by atoms with E-state index in [0.29, 0.717) is 5.69 Å². The lowest BCUT2D eigenvalue weighted by Crippen LogP contribution is -2.40. The summed E-state index contributed by atoms with van der Waals surface area (Å²) in [7, 11) is 0. The predicted octanol–water partition coefficient (Wildman–Crippen LogP) is 3.77. The molecule has 144 valence electrons. The Balaban J connectivity index is 1.66. The zero-order chi connectivity index (χ0) is 20.1. The smallest absolute Gasteiger partial charge is 0.271 e. The van der Waals surface area contributed by atoms with Crippen LogP contribution in [-0.2, 0) is 22.2 Å². The number of hydrogen-bond donors (Lipinski definition) is 0. The Labute approximate surface area is 158 Å². The number of anilines is 2. The van der Waals surface area contributed by atoms with Crippen LogP contribution in [0, 0.1) is 0 Å². The van der Waals surface area contributed by atoms with Gasteiger partial charge in [-0.25, -0.2) is 9.91 Å². The molecule has 9 heteroatoms. The van der Waals surface area contributed by atoms with Crippen molar-refractivity contribution in [2.45, 2.75) is 31.6 Å². The fraction of sp³-hybridized carbons (Fsp3) is 0.263. The standard InChI is InChI=1S/C19H15F3N4O2/c1-2-11-6-8-13(9-7-11)25-17(27)15-16(18(25)28)26(24-23-15)14-5-3-4-12(10-14)19(20,21)22/h3-10,15-16H,2H2,1H3. The molecule has 2 amide bonds. The number of carbonyl (C=O) groups is 2. The fourth-order valence-electron chi connectivity index (χ4n) is 3.33. The number of nitrogens with zero attached hydrogens (tertiary/aromatic N) is 4. The van der Waals surface area contributed by atoms with Gasteiger partial charge in [0.2, 0.25) is 0 Å². The molecular weight excluding hydrogens is 373 g/mol. The van der Waals surface area contributed by atoms with Gasteiger partial charge in [0.1, 0.15) is 0 Å². The highest BCUT2D eigenvalue weighted by molar-refractivity contribution is 6.26. The van der Waals surface area contributed by atoms with Crippen LogP contribution in [0.3, 0.4) is 0 Å². The van der Waals surface area contributed by atoms with Gasteiger partial charge in [0.25, 0.3) is 11.8 Å². The first-order chi connectivity index (χ1) is 13.3. The first-order valence-corrected chi connectivity index (χ1v) is 8.65. The fourth-order valence-corrected chi connectivity index (χ4v) is 3.33. The first kappa shape index (κ1) is 18.1. The summed E-state index contributed by atoms with van der Waals surface area (Å²) in [5, 5.41) is 8.72. The van der Waals surface area contributed by atoms with Gasteiger partial charge in [-0.3, -0.25) is 9.59 Å². The predicted molar refractivity (Wildman–Crippen MR) is 94.7 cm³/mol. The van der Waals surface area contributed by atoms with Crippen LogP contribution >= 0.6 is 0 Å². The average molecular weight is 388 g/mol. The number of fused-ring (bicyclic) bond motifs is 1. The number of aryl methyl sites for hydroxylation is 1. The Kier molecular flexibility index (Phi) is 4.17. The lowest BCUT2D eigenvalue weighted by molar-refractivity contribution is -0.137. The van der Waals surface area contributed by atoms with Crippen molar-refractivity contribution >= 4 is 23.2 Å². The highest BCUT2D eigenvalue weighted by Gasteiger charge is 2.55. The van der Waals surface area contributed by atoms with Crippen LogP contribution in [-0.4, -0.2) is 23.9 Å². The van der Waals surface area contributed by atoms with Gasteiger partial charge in [0, 0.05) is 0 Å². The summed E-state index contributed by atoms with van der Waals surface area (Å²) in [4.78, 5) is 26.7. The second-order valence-corrected chi connectivity index (χ2v) is 6.52. The third-order valence-corrected chi connectivity index (χ3v) is 4.82. The molecule has 0 N–H and O–H groups in total. The monoisotopic (exact) mass is 388 g/mol. The van der Waals surface area contributed by atoms with Crippen LogP contribution in [0.15, 0.2) is 58.9 Å². The lowest BCUT2D eigenvalue weighted by atomic mass is 10.1. The van der Waals surface area contributed by atoms with Gasteiger partial charge in [-0.15, -0.1) is 0 Å². The molecule has 0 bridgehead atoms. The molecule has 4 rings (SSSR count). The molecule has 2 aromatic rings. The molecule has 2 aliphatic heterocycles. The van der Waals surface area contributed by atoms with Gasteiger partial charge in [-0.1, -0.05) is 30.3 Å². The average Bonchev–Trinajstić information content (AvgIpc) is 3.22. The number of imide groups is 1. The summed E-state index contributed by atoms with van der Waals surface area (Å²) >= 11 is 0. The lowest BCUT2D eigenvalue weighted by Gasteiger charge is -2.21. The van der Waals surface area contributed by atoms with Gasteiger partial charge < -0.3 is 0 Å². The van der Waals surface area contributed by atoms with Crippen LogP contribution in [0.5, 0.6) is 0 Å². The maximum absolute atomic E-state index is 13.0. The van der Waals surface area contributed by atoms with E-state index in [4.69, 9.17) is 0 Å². The van der Waals surface area contributed by atoms with Gasteiger partial charge in [0.05, 0.1) is 16.9 Å². The molecule has 0 aliphatic carbocycles. The summed E-state index contributed by atoms with van der Waals surface area (Å²) in [6, 6.07) is 9.23. The molecule has 6 nitrogen and oxygen atoms in total. The molecule has 1 saturated heterocycles. The van der Waals surface area contributed by atoms with E-state index in [-0.39, 0.29) is 5.69 Å². The quantitative estimate of drug-likeness (QED) is 0.752. The van der Waals surface area contributed by atoms with Crippen molar-refractivity contribution in [2.24, 2.45) is 10.3 Å². The van der Waals surface area contributed by atoms with E-state index in [1.807, 2.05) is 19.1 Å². The molecule has 2 atom stereocenters. The van der Waals surface area contributed by atoms with Crippen molar-refractivity contribution in [1.29, 1.82) is 0 Å². The second-order valence-electron chi connectivity index (χ2n) is 6.52. The Morgan fingerprint density at radius 1 is 1.00 bits per heavy atom. The van der Waals surface area contributed by atoms with E-state index in [9.17, 15) is 22.8 Å². The topological polar surface area (TPSA) is 65.3 Å². The van der Waals surface area contributed by atoms with E-state index in [0.717, 1.165) is 34.0 Å². The summed E-state index contributed by atoms with van der Waals surface area (Å²) in [6.45, 7) is 1.99. The number of benzene rings is 2.